The van der Waals surface area contributed by atoms with Crippen LogP contribution in [0, 0.1) is 11.3 Å². The monoisotopic (exact) mass is 203 g/mol. The Morgan fingerprint density at radius 2 is 2.00 bits per heavy atom. The standard InChI is InChI=1S/C10H6ClN3/c11-7(5-12)10-6-13-8-3-1-2-4-9(8)14-10/h1-4,6-7H. The smallest absolute Gasteiger partial charge is 0.163 e. The largest absolute Gasteiger partial charge is 0.253 e. The molecule has 0 aliphatic carbocycles. The Morgan fingerprint density at radius 1 is 1.29 bits per heavy atom. The number of fused-ring (bicyclic) bond motifs is 1. The highest BCUT2D eigenvalue weighted by Gasteiger charge is 2.08. The number of halogens is 1. The quantitative estimate of drug-likeness (QED) is 0.669. The van der Waals surface area contributed by atoms with Gasteiger partial charge in [-0.3, -0.25) is 4.98 Å². The third-order valence-electron chi connectivity index (χ3n) is 1.84. The van der Waals surface area contributed by atoms with Crippen molar-refractivity contribution in [3.8, 4) is 6.07 Å². The van der Waals surface area contributed by atoms with Gasteiger partial charge in [-0.05, 0) is 12.1 Å². The first-order chi connectivity index (χ1) is 6.81. The molecule has 2 aromatic rings. The first-order valence-corrected chi connectivity index (χ1v) is 4.50. The predicted molar refractivity (Wildman–Crippen MR) is 53.7 cm³/mol. The molecule has 0 radical (unpaired) electrons. The van der Waals surface area contributed by atoms with Crippen molar-refractivity contribution in [2.45, 2.75) is 5.38 Å². The zero-order valence-electron chi connectivity index (χ0n) is 7.18. The van der Waals surface area contributed by atoms with E-state index in [1.807, 2.05) is 30.3 Å². The number of rotatable bonds is 1. The minimum Gasteiger partial charge on any atom is -0.253 e. The van der Waals surface area contributed by atoms with E-state index in [0.717, 1.165) is 11.0 Å². The van der Waals surface area contributed by atoms with Crippen LogP contribution in [-0.2, 0) is 0 Å². The summed E-state index contributed by atoms with van der Waals surface area (Å²) in [5.41, 5.74) is 2.05. The van der Waals surface area contributed by atoms with Crippen LogP contribution in [0.3, 0.4) is 0 Å². The number of nitrogens with zero attached hydrogens (tertiary/aromatic N) is 3. The van der Waals surface area contributed by atoms with Crippen LogP contribution in [0.2, 0.25) is 0 Å². The number of para-hydroxylation sites is 2. The van der Waals surface area contributed by atoms with Gasteiger partial charge < -0.3 is 0 Å². The molecular formula is C10H6ClN3. The average Bonchev–Trinajstić information content (AvgIpc) is 2.27. The predicted octanol–water partition coefficient (Wildman–Crippen LogP) is 2.43. The fourth-order valence-electron chi connectivity index (χ4n) is 1.16. The van der Waals surface area contributed by atoms with Crippen molar-refractivity contribution >= 4 is 22.6 Å². The molecule has 0 bridgehead atoms. The molecule has 0 amide bonds. The van der Waals surface area contributed by atoms with Crippen molar-refractivity contribution in [1.29, 1.82) is 5.26 Å². The second-order valence-electron chi connectivity index (χ2n) is 2.78. The maximum Gasteiger partial charge on any atom is 0.163 e. The van der Waals surface area contributed by atoms with Crippen molar-refractivity contribution in [2.75, 3.05) is 0 Å². The Hall–Kier alpha value is -1.66. The lowest BCUT2D eigenvalue weighted by Crippen LogP contribution is -1.94. The SMILES string of the molecule is N#CC(Cl)c1cnc2ccccc2n1. The highest BCUT2D eigenvalue weighted by atomic mass is 35.5. The molecule has 0 saturated heterocycles. The Morgan fingerprint density at radius 3 is 2.71 bits per heavy atom. The summed E-state index contributed by atoms with van der Waals surface area (Å²) in [4.78, 5) is 8.38. The molecule has 0 N–H and O–H groups in total. The molecule has 1 atom stereocenters. The van der Waals surface area contributed by atoms with E-state index in [1.54, 1.807) is 0 Å². The van der Waals surface area contributed by atoms with Crippen molar-refractivity contribution in [1.82, 2.24) is 9.97 Å². The van der Waals surface area contributed by atoms with Crippen molar-refractivity contribution in [3.05, 3.63) is 36.2 Å². The van der Waals surface area contributed by atoms with Crippen molar-refractivity contribution in [2.24, 2.45) is 0 Å². The van der Waals surface area contributed by atoms with Crippen LogP contribution in [0.25, 0.3) is 11.0 Å². The molecule has 4 heteroatoms. The number of hydrogen-bond donors (Lipinski definition) is 0. The molecule has 0 saturated carbocycles. The minimum absolute atomic E-state index is 0.493. The molecule has 0 aliphatic heterocycles. The van der Waals surface area contributed by atoms with Crippen molar-refractivity contribution in [3.63, 3.8) is 0 Å². The van der Waals surface area contributed by atoms with Crippen LogP contribution in [0.15, 0.2) is 30.5 Å². The Labute approximate surface area is 86.0 Å². The van der Waals surface area contributed by atoms with Gasteiger partial charge in [0.05, 0.1) is 29.0 Å². The summed E-state index contributed by atoms with van der Waals surface area (Å²) < 4.78 is 0. The Balaban J connectivity index is 2.58. The van der Waals surface area contributed by atoms with Gasteiger partial charge in [0, 0.05) is 0 Å². The second kappa shape index (κ2) is 3.60. The summed E-state index contributed by atoms with van der Waals surface area (Å²) in [6, 6.07) is 9.37. The summed E-state index contributed by atoms with van der Waals surface area (Å²) in [7, 11) is 0. The van der Waals surface area contributed by atoms with Gasteiger partial charge in [-0.1, -0.05) is 23.7 Å². The third kappa shape index (κ3) is 1.52. The maximum atomic E-state index is 8.61. The lowest BCUT2D eigenvalue weighted by atomic mass is 10.2. The molecule has 1 heterocycles. The van der Waals surface area contributed by atoms with Crippen LogP contribution >= 0.6 is 11.6 Å². The van der Waals surface area contributed by atoms with Crippen LogP contribution in [0.4, 0.5) is 0 Å². The van der Waals surface area contributed by atoms with E-state index in [0.29, 0.717) is 5.69 Å². The number of alkyl halides is 1. The van der Waals surface area contributed by atoms with E-state index >= 15 is 0 Å². The zero-order valence-corrected chi connectivity index (χ0v) is 7.94. The molecule has 3 nitrogen and oxygen atoms in total. The van der Waals surface area contributed by atoms with E-state index < -0.39 is 5.38 Å². The fraction of sp³-hybridized carbons (Fsp3) is 0.100. The molecular weight excluding hydrogens is 198 g/mol. The molecule has 1 aromatic heterocycles. The van der Waals surface area contributed by atoms with Gasteiger partial charge in [0.25, 0.3) is 0 Å². The van der Waals surface area contributed by atoms with E-state index in [1.165, 1.54) is 6.20 Å². The zero-order chi connectivity index (χ0) is 9.97. The lowest BCUT2D eigenvalue weighted by Gasteiger charge is -2.00. The van der Waals surface area contributed by atoms with Gasteiger partial charge in [-0.15, -0.1) is 0 Å². The van der Waals surface area contributed by atoms with Gasteiger partial charge >= 0.3 is 0 Å². The summed E-state index contributed by atoms with van der Waals surface area (Å²) in [5, 5.41) is 7.88. The van der Waals surface area contributed by atoms with Gasteiger partial charge in [0.2, 0.25) is 0 Å². The normalized spacial score (nSPS) is 12.3. The van der Waals surface area contributed by atoms with Gasteiger partial charge in [-0.25, -0.2) is 4.98 Å². The van der Waals surface area contributed by atoms with Crippen LogP contribution in [0.5, 0.6) is 0 Å². The second-order valence-corrected chi connectivity index (χ2v) is 3.21. The molecule has 14 heavy (non-hydrogen) atoms. The molecule has 0 aliphatic rings. The highest BCUT2D eigenvalue weighted by molar-refractivity contribution is 6.22. The van der Waals surface area contributed by atoms with E-state index in [2.05, 4.69) is 9.97 Å². The number of hydrogen-bond acceptors (Lipinski definition) is 3. The molecule has 1 unspecified atom stereocenters. The fourth-order valence-corrected chi connectivity index (χ4v) is 1.26. The maximum absolute atomic E-state index is 8.61. The minimum atomic E-state index is -0.730. The first kappa shape index (κ1) is 8.92. The van der Waals surface area contributed by atoms with Gasteiger partial charge in [0.15, 0.2) is 5.38 Å². The molecule has 68 valence electrons. The first-order valence-electron chi connectivity index (χ1n) is 4.06. The van der Waals surface area contributed by atoms with Crippen molar-refractivity contribution < 1.29 is 0 Å². The summed E-state index contributed by atoms with van der Waals surface area (Å²) in [6.45, 7) is 0. The summed E-state index contributed by atoms with van der Waals surface area (Å²) >= 11 is 5.73. The van der Waals surface area contributed by atoms with E-state index in [9.17, 15) is 0 Å². The van der Waals surface area contributed by atoms with E-state index in [4.69, 9.17) is 16.9 Å². The Kier molecular flexibility index (Phi) is 2.30. The average molecular weight is 204 g/mol. The molecule has 0 spiro atoms. The number of aromatic nitrogens is 2. The van der Waals surface area contributed by atoms with Gasteiger partial charge in [0.1, 0.15) is 0 Å². The van der Waals surface area contributed by atoms with Crippen LogP contribution < -0.4 is 0 Å². The lowest BCUT2D eigenvalue weighted by molar-refractivity contribution is 1.08. The molecule has 1 aromatic carbocycles. The van der Waals surface area contributed by atoms with E-state index in [-0.39, 0.29) is 0 Å². The summed E-state index contributed by atoms with van der Waals surface area (Å²) in [6.07, 6.45) is 1.53. The van der Waals surface area contributed by atoms with Crippen LogP contribution in [0.1, 0.15) is 11.1 Å². The van der Waals surface area contributed by atoms with Gasteiger partial charge in [-0.2, -0.15) is 5.26 Å². The highest BCUT2D eigenvalue weighted by Crippen LogP contribution is 2.18. The topological polar surface area (TPSA) is 49.6 Å². The molecule has 0 fully saturated rings. The molecule has 2 rings (SSSR count). The van der Waals surface area contributed by atoms with Crippen LogP contribution in [-0.4, -0.2) is 9.97 Å². The summed E-state index contributed by atoms with van der Waals surface area (Å²) in [5.74, 6) is 0. The number of nitriles is 1. The third-order valence-corrected chi connectivity index (χ3v) is 2.16. The Bertz CT molecular complexity index is 504. The number of benzene rings is 1.